The summed E-state index contributed by atoms with van der Waals surface area (Å²) < 4.78 is 44.9. The molecule has 2 aromatic carbocycles. The zero-order valence-electron chi connectivity index (χ0n) is 18.0. The lowest BCUT2D eigenvalue weighted by molar-refractivity contribution is -0.791. The van der Waals surface area contributed by atoms with Gasteiger partial charge in [-0.1, -0.05) is 42.2 Å². The number of benzene rings is 2. The number of aromatic nitrogens is 2. The van der Waals surface area contributed by atoms with Crippen LogP contribution in [0.4, 0.5) is 30.5 Å². The van der Waals surface area contributed by atoms with E-state index in [0.717, 1.165) is 16.5 Å². The Morgan fingerprint density at radius 2 is 1.91 bits per heavy atom. The molecule has 1 atom stereocenters. The molecule has 0 aliphatic rings. The van der Waals surface area contributed by atoms with Crippen LogP contribution in [0.15, 0.2) is 47.1 Å². The van der Waals surface area contributed by atoms with Gasteiger partial charge >= 0.3 is 17.8 Å². The number of carbonyl (C=O) groups excluding carboxylic acids is 1. The van der Waals surface area contributed by atoms with E-state index < -0.39 is 29.0 Å². The van der Waals surface area contributed by atoms with E-state index in [4.69, 9.17) is 0 Å². The summed E-state index contributed by atoms with van der Waals surface area (Å²) in [4.78, 5) is 13.4. The lowest BCUT2D eigenvalue weighted by atomic mass is 10.0. The number of hydrogen-bond donors (Lipinski definition) is 3. The molecule has 12 heteroatoms. The van der Waals surface area contributed by atoms with Gasteiger partial charge in [0.2, 0.25) is 0 Å². The molecule has 0 aliphatic heterocycles. The van der Waals surface area contributed by atoms with Crippen LogP contribution in [0.5, 0.6) is 5.75 Å². The van der Waals surface area contributed by atoms with Crippen molar-refractivity contribution in [2.24, 2.45) is 0 Å². The van der Waals surface area contributed by atoms with Crippen molar-refractivity contribution in [3.05, 3.63) is 64.4 Å². The van der Waals surface area contributed by atoms with Gasteiger partial charge in [-0.15, -0.1) is 0 Å². The van der Waals surface area contributed by atoms with Crippen molar-refractivity contribution >= 4 is 23.2 Å². The Balaban J connectivity index is 2.00. The number of phenols is 1. The molecule has 176 valence electrons. The zero-order chi connectivity index (χ0) is 24.3. The number of amides is 1. The molecular formula is C21H22F3N5O4. The van der Waals surface area contributed by atoms with Gasteiger partial charge in [-0.05, 0) is 29.3 Å². The van der Waals surface area contributed by atoms with Crippen LogP contribution in [0, 0.1) is 5.21 Å². The standard InChI is InChI=1S/C21H22F3N5O4/c1-4-14(12-8-6-5-7-9-12)26-19-18(27-33-29(19)32)25-15-11-10-13(21(22,23)24)16(17(15)30)20(31)28(2)3/h5-11,14,26,30H,4H2,1-3H3,(H,25,27)/t14-/m1/s1. The van der Waals surface area contributed by atoms with Gasteiger partial charge in [0.05, 0.1) is 22.9 Å². The number of rotatable bonds is 7. The highest BCUT2D eigenvalue weighted by molar-refractivity contribution is 6.00. The molecule has 0 saturated carbocycles. The van der Waals surface area contributed by atoms with Crippen LogP contribution in [0.3, 0.4) is 0 Å². The first-order chi connectivity index (χ1) is 15.5. The molecule has 0 spiro atoms. The van der Waals surface area contributed by atoms with Gasteiger partial charge in [-0.25, -0.2) is 0 Å². The molecular weight excluding hydrogens is 443 g/mol. The Morgan fingerprint density at radius 1 is 1.24 bits per heavy atom. The smallest absolute Gasteiger partial charge is 0.417 e. The fourth-order valence-corrected chi connectivity index (χ4v) is 3.22. The average Bonchev–Trinajstić information content (AvgIpc) is 3.11. The molecule has 0 radical (unpaired) electrons. The molecule has 33 heavy (non-hydrogen) atoms. The third-order valence-electron chi connectivity index (χ3n) is 4.89. The van der Waals surface area contributed by atoms with E-state index in [1.54, 1.807) is 0 Å². The number of phenolic OH excluding ortho intramolecular Hbond substituents is 1. The number of anilines is 3. The maximum absolute atomic E-state index is 13.4. The van der Waals surface area contributed by atoms with Crippen LogP contribution in [0.1, 0.15) is 40.9 Å². The van der Waals surface area contributed by atoms with E-state index in [0.29, 0.717) is 12.5 Å². The topological polar surface area (TPSA) is 118 Å². The maximum Gasteiger partial charge on any atom is 0.417 e. The molecule has 3 aromatic rings. The van der Waals surface area contributed by atoms with Crippen molar-refractivity contribution < 1.29 is 32.6 Å². The summed E-state index contributed by atoms with van der Waals surface area (Å²) in [7, 11) is 2.52. The van der Waals surface area contributed by atoms with Crippen LogP contribution in [0.2, 0.25) is 0 Å². The van der Waals surface area contributed by atoms with Gasteiger partial charge in [0, 0.05) is 14.1 Å². The van der Waals surface area contributed by atoms with Crippen LogP contribution >= 0.6 is 0 Å². The summed E-state index contributed by atoms with van der Waals surface area (Å²) in [5, 5.41) is 31.9. The predicted octanol–water partition coefficient (Wildman–Crippen LogP) is 4.04. The molecule has 3 rings (SSSR count). The molecule has 1 aromatic heterocycles. The Hall–Kier alpha value is -3.96. The fraction of sp³-hybridized carbons (Fsp3) is 0.286. The monoisotopic (exact) mass is 465 g/mol. The van der Waals surface area contributed by atoms with Gasteiger partial charge in [0.15, 0.2) is 5.75 Å². The molecule has 0 saturated heterocycles. The Labute approximate surface area is 187 Å². The molecule has 0 fully saturated rings. The number of alkyl halides is 3. The van der Waals surface area contributed by atoms with Gasteiger partial charge in [0.25, 0.3) is 5.91 Å². The summed E-state index contributed by atoms with van der Waals surface area (Å²) in [6.45, 7) is 1.89. The van der Waals surface area contributed by atoms with E-state index in [-0.39, 0.29) is 28.3 Å². The second-order valence-corrected chi connectivity index (χ2v) is 7.35. The van der Waals surface area contributed by atoms with Gasteiger partial charge in [-0.3, -0.25) is 10.1 Å². The number of aromatic hydroxyl groups is 1. The molecule has 0 unspecified atom stereocenters. The zero-order valence-corrected chi connectivity index (χ0v) is 18.0. The second-order valence-electron chi connectivity index (χ2n) is 7.35. The van der Waals surface area contributed by atoms with Crippen LogP contribution in [-0.4, -0.2) is 35.2 Å². The molecule has 0 bridgehead atoms. The predicted molar refractivity (Wildman–Crippen MR) is 113 cm³/mol. The average molecular weight is 465 g/mol. The highest BCUT2D eigenvalue weighted by atomic mass is 19.4. The SMILES string of the molecule is CC[C@@H](Nc1c(Nc2ccc(C(F)(F)F)c(C(=O)N(C)C)c2O)no[n+]1[O-])c1ccccc1. The first-order valence-corrected chi connectivity index (χ1v) is 9.87. The minimum atomic E-state index is -4.88. The quantitative estimate of drug-likeness (QED) is 0.356. The van der Waals surface area contributed by atoms with Crippen molar-refractivity contribution in [3.8, 4) is 5.75 Å². The lowest BCUT2D eigenvalue weighted by Gasteiger charge is -2.19. The maximum atomic E-state index is 13.4. The highest BCUT2D eigenvalue weighted by Gasteiger charge is 2.38. The van der Waals surface area contributed by atoms with Gasteiger partial charge in [0.1, 0.15) is 0 Å². The van der Waals surface area contributed by atoms with E-state index >= 15 is 0 Å². The number of nitrogens with zero attached hydrogens (tertiary/aromatic N) is 3. The van der Waals surface area contributed by atoms with Crippen molar-refractivity contribution in [2.75, 3.05) is 24.7 Å². The van der Waals surface area contributed by atoms with Gasteiger partial charge in [-0.2, -0.15) is 13.2 Å². The van der Waals surface area contributed by atoms with E-state index in [2.05, 4.69) is 20.4 Å². The summed E-state index contributed by atoms with van der Waals surface area (Å²) in [5.74, 6) is -2.32. The number of carbonyl (C=O) groups is 1. The molecule has 0 aliphatic carbocycles. The lowest BCUT2D eigenvalue weighted by Crippen LogP contribution is -2.29. The molecule has 1 amide bonds. The summed E-state index contributed by atoms with van der Waals surface area (Å²) in [6, 6.07) is 10.5. The minimum absolute atomic E-state index is 0.0982. The van der Waals surface area contributed by atoms with Crippen molar-refractivity contribution in [1.82, 2.24) is 10.1 Å². The second kappa shape index (κ2) is 9.27. The fourth-order valence-electron chi connectivity index (χ4n) is 3.22. The normalized spacial score (nSPS) is 12.3. The Kier molecular flexibility index (Phi) is 6.65. The van der Waals surface area contributed by atoms with Crippen molar-refractivity contribution in [2.45, 2.75) is 25.6 Å². The van der Waals surface area contributed by atoms with E-state index in [1.165, 1.54) is 14.1 Å². The molecule has 9 nitrogen and oxygen atoms in total. The summed E-state index contributed by atoms with van der Waals surface area (Å²) in [5.41, 5.74) is -1.61. The van der Waals surface area contributed by atoms with Crippen LogP contribution in [-0.2, 0) is 6.18 Å². The first kappa shape index (κ1) is 23.7. The van der Waals surface area contributed by atoms with Crippen molar-refractivity contribution in [3.63, 3.8) is 0 Å². The largest absolute Gasteiger partial charge is 0.505 e. The Bertz CT molecular complexity index is 1130. The van der Waals surface area contributed by atoms with Crippen LogP contribution in [0.25, 0.3) is 0 Å². The number of halogens is 3. The third kappa shape index (κ3) is 4.94. The van der Waals surface area contributed by atoms with E-state index in [1.807, 2.05) is 37.3 Å². The molecule has 3 N–H and O–H groups in total. The van der Waals surface area contributed by atoms with Gasteiger partial charge < -0.3 is 25.2 Å². The third-order valence-corrected chi connectivity index (χ3v) is 4.89. The Morgan fingerprint density at radius 3 is 2.48 bits per heavy atom. The highest BCUT2D eigenvalue weighted by Crippen LogP contribution is 2.41. The number of hydrogen-bond acceptors (Lipinski definition) is 7. The van der Waals surface area contributed by atoms with E-state index in [9.17, 15) is 28.3 Å². The first-order valence-electron chi connectivity index (χ1n) is 9.87. The summed E-state index contributed by atoms with van der Waals surface area (Å²) >= 11 is 0. The van der Waals surface area contributed by atoms with Crippen LogP contribution < -0.4 is 15.5 Å². The number of nitrogens with one attached hydrogen (secondary N) is 2. The molecule has 1 heterocycles. The minimum Gasteiger partial charge on any atom is -0.505 e. The van der Waals surface area contributed by atoms with Crippen molar-refractivity contribution in [1.29, 1.82) is 0 Å². The summed E-state index contributed by atoms with van der Waals surface area (Å²) in [6.07, 6.45) is -4.29.